The van der Waals surface area contributed by atoms with Crippen molar-refractivity contribution in [3.63, 3.8) is 0 Å². The summed E-state index contributed by atoms with van der Waals surface area (Å²) in [5.74, 6) is -4.40. The van der Waals surface area contributed by atoms with Gasteiger partial charge in [0.2, 0.25) is 0 Å². The van der Waals surface area contributed by atoms with Gasteiger partial charge in [-0.05, 0) is 71.7 Å². The summed E-state index contributed by atoms with van der Waals surface area (Å²) in [7, 11) is 3.33. The van der Waals surface area contributed by atoms with Gasteiger partial charge in [-0.3, -0.25) is 14.5 Å². The van der Waals surface area contributed by atoms with Gasteiger partial charge in [0.15, 0.2) is 11.9 Å². The lowest BCUT2D eigenvalue weighted by atomic mass is 9.73. The maximum atomic E-state index is 14.1. The number of nitrogens with zero attached hydrogens (tertiary/aromatic N) is 1. The first-order valence-electron chi connectivity index (χ1n) is 17.8. The fraction of sp³-hybridized carbons (Fsp3) is 0.757. The molecule has 50 heavy (non-hydrogen) atoms. The van der Waals surface area contributed by atoms with Crippen molar-refractivity contribution >= 4 is 17.8 Å². The first-order chi connectivity index (χ1) is 23.4. The molecular formula is C37H57FN2O10. The third-order valence-electron chi connectivity index (χ3n) is 11.4. The van der Waals surface area contributed by atoms with E-state index in [1.54, 1.807) is 54.5 Å². The lowest BCUT2D eigenvalue weighted by molar-refractivity contribution is -0.302. The second kappa shape index (κ2) is 15.9. The van der Waals surface area contributed by atoms with Gasteiger partial charge in [-0.2, -0.15) is 0 Å². The predicted octanol–water partition coefficient (Wildman–Crippen LogP) is 3.98. The first-order valence-corrected chi connectivity index (χ1v) is 17.8. The average molecular weight is 709 g/mol. The minimum atomic E-state index is -1.34. The van der Waals surface area contributed by atoms with Crippen molar-refractivity contribution in [2.45, 2.75) is 141 Å². The van der Waals surface area contributed by atoms with Crippen LogP contribution in [0.2, 0.25) is 0 Å². The van der Waals surface area contributed by atoms with Crippen LogP contribution in [-0.2, 0) is 39.8 Å². The number of cyclic esters (lactones) is 1. The standard InChI is InChI=1S/C37H57FN2O10/c1-11-27-37(8)31(39-35(45)50-37)21(4)28(41)19(2)17-36(7,46-10)32(22(5)29(42)23(6)33(44)48-27)49-34-30(43)26(15-20(3)47-34)40(9)18-24-13-12-14-25(38)16-24/h12-14,16,19-23,26-27,29-32,34,42-43H,11,15,17-18H2,1-10H3,(H,39,45)/t19-,20-,21+,22+,23-,26+,27-,29+,30-,31-,32-,34?,36+,37-/m1/s1. The molecular weight excluding hydrogens is 651 g/mol. The van der Waals surface area contributed by atoms with Gasteiger partial charge in [0, 0.05) is 37.5 Å². The Morgan fingerprint density at radius 3 is 2.36 bits per heavy atom. The van der Waals surface area contributed by atoms with Crippen molar-refractivity contribution < 1.29 is 52.7 Å². The van der Waals surface area contributed by atoms with E-state index >= 15 is 0 Å². The number of amides is 1. The summed E-state index contributed by atoms with van der Waals surface area (Å²) in [6, 6.07) is 5.06. The van der Waals surface area contributed by atoms with Gasteiger partial charge in [0.1, 0.15) is 23.8 Å². The molecule has 282 valence electrons. The SMILES string of the molecule is CC[C@H]1OC(=O)[C@H](C)[C@@H](O)[C@H](C)[C@@H](OC2O[C@H](C)C[C@H](N(C)Cc3cccc(F)c3)[C@H]2O)[C@@](C)(OC)C[C@@H](C)C(=O)[C@H](C)[C@H]2NC(=O)O[C@@]21C. The summed E-state index contributed by atoms with van der Waals surface area (Å²) < 4.78 is 44.6. The molecule has 3 fully saturated rings. The summed E-state index contributed by atoms with van der Waals surface area (Å²) >= 11 is 0. The zero-order valence-corrected chi connectivity index (χ0v) is 31.1. The van der Waals surface area contributed by atoms with E-state index in [-0.39, 0.29) is 24.1 Å². The molecule has 0 radical (unpaired) electrons. The Morgan fingerprint density at radius 1 is 1.06 bits per heavy atom. The fourth-order valence-electron chi connectivity index (χ4n) is 8.30. The normalized spacial score (nSPS) is 41.9. The van der Waals surface area contributed by atoms with Crippen LogP contribution in [0.5, 0.6) is 0 Å². The molecule has 3 N–H and O–H groups in total. The maximum Gasteiger partial charge on any atom is 0.408 e. The van der Waals surface area contributed by atoms with Crippen LogP contribution in [0.3, 0.4) is 0 Å². The zero-order chi connectivity index (χ0) is 37.3. The Labute approximate surface area is 295 Å². The van der Waals surface area contributed by atoms with E-state index < -0.39 is 89.7 Å². The van der Waals surface area contributed by atoms with Gasteiger partial charge in [-0.1, -0.05) is 39.8 Å². The minimum absolute atomic E-state index is 0.143. The molecule has 0 aromatic heterocycles. The topological polar surface area (TPSA) is 153 Å². The minimum Gasteiger partial charge on any atom is -0.458 e. The molecule has 0 spiro atoms. The average Bonchev–Trinajstić information content (AvgIpc) is 3.38. The number of carbonyl (C=O) groups is 3. The summed E-state index contributed by atoms with van der Waals surface area (Å²) in [6.07, 6.45) is -5.67. The smallest absolute Gasteiger partial charge is 0.408 e. The van der Waals surface area contributed by atoms with Crippen LogP contribution in [0, 0.1) is 29.5 Å². The highest BCUT2D eigenvalue weighted by molar-refractivity contribution is 5.85. The van der Waals surface area contributed by atoms with Gasteiger partial charge in [-0.25, -0.2) is 9.18 Å². The van der Waals surface area contributed by atoms with E-state index in [4.69, 9.17) is 23.7 Å². The van der Waals surface area contributed by atoms with Crippen LogP contribution in [0.25, 0.3) is 0 Å². The molecule has 1 amide bonds. The Morgan fingerprint density at radius 2 is 1.74 bits per heavy atom. The molecule has 4 rings (SSSR count). The van der Waals surface area contributed by atoms with Crippen LogP contribution in [0.4, 0.5) is 9.18 Å². The van der Waals surface area contributed by atoms with Crippen LogP contribution in [0.1, 0.15) is 80.2 Å². The molecule has 3 aliphatic rings. The van der Waals surface area contributed by atoms with Crippen molar-refractivity contribution in [3.05, 3.63) is 35.6 Å². The van der Waals surface area contributed by atoms with Crippen molar-refractivity contribution in [1.82, 2.24) is 10.2 Å². The molecule has 0 aliphatic carbocycles. The summed E-state index contributed by atoms with van der Waals surface area (Å²) in [5.41, 5.74) is -1.83. The summed E-state index contributed by atoms with van der Waals surface area (Å²) in [6.45, 7) is 14.2. The largest absolute Gasteiger partial charge is 0.458 e. The number of aliphatic hydroxyl groups excluding tert-OH is 2. The van der Waals surface area contributed by atoms with Crippen LogP contribution < -0.4 is 5.32 Å². The van der Waals surface area contributed by atoms with Crippen molar-refractivity contribution in [1.29, 1.82) is 0 Å². The van der Waals surface area contributed by atoms with E-state index in [9.17, 15) is 29.0 Å². The van der Waals surface area contributed by atoms with Crippen molar-refractivity contribution in [2.75, 3.05) is 14.2 Å². The van der Waals surface area contributed by atoms with Gasteiger partial charge in [0.25, 0.3) is 0 Å². The summed E-state index contributed by atoms with van der Waals surface area (Å²) in [5, 5.41) is 26.3. The van der Waals surface area contributed by atoms with Gasteiger partial charge in [-0.15, -0.1) is 0 Å². The lowest BCUT2D eigenvalue weighted by Gasteiger charge is -2.48. The van der Waals surface area contributed by atoms with Crippen molar-refractivity contribution in [2.24, 2.45) is 23.7 Å². The fourth-order valence-corrected chi connectivity index (χ4v) is 8.30. The molecule has 3 aliphatic heterocycles. The number of hydrogen-bond acceptors (Lipinski definition) is 11. The number of methoxy groups -OCH3 is 1. The van der Waals surface area contributed by atoms with E-state index in [2.05, 4.69) is 5.32 Å². The van der Waals surface area contributed by atoms with E-state index in [1.807, 2.05) is 24.9 Å². The maximum absolute atomic E-state index is 14.1. The third-order valence-corrected chi connectivity index (χ3v) is 11.4. The van der Waals surface area contributed by atoms with E-state index in [0.29, 0.717) is 19.4 Å². The Bertz CT molecular complexity index is 1370. The third kappa shape index (κ3) is 8.18. The molecule has 3 saturated heterocycles. The number of likely N-dealkylation sites (N-methyl/N-ethyl adjacent to an activating group) is 1. The lowest BCUT2D eigenvalue weighted by Crippen LogP contribution is -2.60. The van der Waals surface area contributed by atoms with Gasteiger partial charge >= 0.3 is 12.1 Å². The summed E-state index contributed by atoms with van der Waals surface area (Å²) in [4.78, 5) is 42.3. The number of ether oxygens (including phenoxy) is 5. The quantitative estimate of drug-likeness (QED) is 0.353. The zero-order valence-electron chi connectivity index (χ0n) is 31.1. The predicted molar refractivity (Wildman–Crippen MR) is 181 cm³/mol. The second-order valence-corrected chi connectivity index (χ2v) is 15.2. The van der Waals surface area contributed by atoms with E-state index in [1.165, 1.54) is 19.2 Å². The number of aliphatic hydroxyl groups is 2. The molecule has 13 heteroatoms. The monoisotopic (exact) mass is 708 g/mol. The van der Waals surface area contributed by atoms with Gasteiger partial charge in [0.05, 0.1) is 35.9 Å². The van der Waals surface area contributed by atoms with Gasteiger partial charge < -0.3 is 39.2 Å². The van der Waals surface area contributed by atoms with Crippen molar-refractivity contribution in [3.8, 4) is 0 Å². The van der Waals surface area contributed by atoms with Crippen LogP contribution in [0.15, 0.2) is 24.3 Å². The van der Waals surface area contributed by atoms with E-state index in [0.717, 1.165) is 5.56 Å². The molecule has 3 heterocycles. The van der Waals surface area contributed by atoms with Crippen LogP contribution >= 0.6 is 0 Å². The molecule has 14 atom stereocenters. The number of rotatable bonds is 7. The highest BCUT2D eigenvalue weighted by Gasteiger charge is 2.57. The number of alkyl carbamates (subject to hydrolysis) is 1. The molecule has 12 nitrogen and oxygen atoms in total. The molecule has 1 aromatic carbocycles. The number of halogens is 1. The number of hydrogen-bond donors (Lipinski definition) is 3. The number of benzene rings is 1. The molecule has 0 saturated carbocycles. The molecule has 1 unspecified atom stereocenters. The highest BCUT2D eigenvalue weighted by Crippen LogP contribution is 2.41. The number of esters is 1. The Balaban J connectivity index is 1.69. The highest BCUT2D eigenvalue weighted by atomic mass is 19.1. The number of nitrogens with one attached hydrogen (secondary N) is 1. The Kier molecular flexibility index (Phi) is 12.8. The second-order valence-electron chi connectivity index (χ2n) is 15.2. The Hall–Kier alpha value is -2.68. The number of carbonyl (C=O) groups excluding carboxylic acids is 3. The molecule has 0 bridgehead atoms. The van der Waals surface area contributed by atoms with Crippen LogP contribution in [-0.4, -0.2) is 107 Å². The number of ketones is 1. The number of Topliss-reactive ketones (excluding diaryl/α,β-unsaturated/α-hetero) is 1. The number of fused-ring (bicyclic) bond motifs is 1. The molecule has 1 aromatic rings. The first kappa shape index (κ1) is 40.1.